The number of benzene rings is 3. The van der Waals surface area contributed by atoms with Crippen molar-refractivity contribution in [3.63, 3.8) is 0 Å². The van der Waals surface area contributed by atoms with Crippen LogP contribution in [-0.2, 0) is 17.8 Å². The van der Waals surface area contributed by atoms with Crippen LogP contribution in [0, 0.1) is 10.5 Å². The average molecular weight is 653 g/mol. The van der Waals surface area contributed by atoms with Crippen LogP contribution in [0.1, 0.15) is 29.4 Å². The van der Waals surface area contributed by atoms with Gasteiger partial charge in [-0.25, -0.2) is 5.43 Å². The van der Waals surface area contributed by atoms with Gasteiger partial charge < -0.3 is 10.4 Å². The Kier molecular flexibility index (Phi) is 9.77. The van der Waals surface area contributed by atoms with E-state index < -0.39 is 5.25 Å². The molecule has 0 bridgehead atoms. The maximum atomic E-state index is 12.8. The Morgan fingerprint density at radius 3 is 2.72 bits per heavy atom. The number of nitrogens with zero attached hydrogens (tertiary/aromatic N) is 4. The molecule has 10 heteroatoms. The number of hydrazone groups is 1. The van der Waals surface area contributed by atoms with Gasteiger partial charge in [0.15, 0.2) is 11.0 Å². The molecule has 0 aliphatic carbocycles. The Morgan fingerprint density at radius 1 is 1.18 bits per heavy atom. The Morgan fingerprint density at radius 2 is 1.97 bits per heavy atom. The zero-order chi connectivity index (χ0) is 27.8. The van der Waals surface area contributed by atoms with Gasteiger partial charge >= 0.3 is 0 Å². The van der Waals surface area contributed by atoms with Crippen molar-refractivity contribution in [3.8, 4) is 11.4 Å². The summed E-state index contributed by atoms with van der Waals surface area (Å²) < 4.78 is 3.13. The van der Waals surface area contributed by atoms with Crippen molar-refractivity contribution in [1.82, 2.24) is 20.2 Å². The number of hydrogen-bond acceptors (Lipinski definition) is 7. The van der Waals surface area contributed by atoms with Gasteiger partial charge in [-0.2, -0.15) is 5.10 Å². The van der Waals surface area contributed by atoms with Crippen molar-refractivity contribution < 1.29 is 9.90 Å². The van der Waals surface area contributed by atoms with E-state index in [4.69, 9.17) is 0 Å². The van der Waals surface area contributed by atoms with Gasteiger partial charge in [-0.3, -0.25) is 9.36 Å². The molecule has 4 rings (SSSR count). The normalized spacial score (nSPS) is 11.9. The number of halogens is 1. The van der Waals surface area contributed by atoms with Gasteiger partial charge in [-0.15, -0.1) is 16.8 Å². The number of phenols is 1. The van der Waals surface area contributed by atoms with Crippen LogP contribution in [0.2, 0.25) is 0 Å². The molecular weight excluding hydrogens is 623 g/mol. The van der Waals surface area contributed by atoms with E-state index in [0.29, 0.717) is 23.7 Å². The lowest BCUT2D eigenvalue weighted by Crippen LogP contribution is -2.27. The van der Waals surface area contributed by atoms with Crippen molar-refractivity contribution in [2.45, 2.75) is 37.2 Å². The van der Waals surface area contributed by atoms with E-state index in [9.17, 15) is 9.90 Å². The molecule has 0 spiro atoms. The number of carbonyl (C=O) groups excluding carboxylic acids is 1. The third kappa shape index (κ3) is 7.27. The average Bonchev–Trinajstić information content (AvgIpc) is 3.32. The molecule has 0 aliphatic rings. The van der Waals surface area contributed by atoms with Crippen LogP contribution in [-0.4, -0.2) is 37.2 Å². The predicted molar refractivity (Wildman–Crippen MR) is 166 cm³/mol. The summed E-state index contributed by atoms with van der Waals surface area (Å²) in [6.45, 7) is 8.02. The summed E-state index contributed by atoms with van der Waals surface area (Å²) in [5.41, 5.74) is 6.90. The molecule has 1 amide bonds. The van der Waals surface area contributed by atoms with Crippen LogP contribution >= 0.6 is 34.4 Å². The number of hydrogen-bond donors (Lipinski definition) is 3. The van der Waals surface area contributed by atoms with Crippen LogP contribution in [0.4, 0.5) is 5.69 Å². The first-order chi connectivity index (χ1) is 18.9. The second-order valence-electron chi connectivity index (χ2n) is 8.72. The van der Waals surface area contributed by atoms with E-state index >= 15 is 0 Å². The lowest BCUT2D eigenvalue weighted by atomic mass is 10.1. The molecule has 200 valence electrons. The molecule has 0 aliphatic heterocycles. The Hall–Kier alpha value is -3.64. The Bertz CT molecular complexity index is 1490. The molecule has 3 aromatic carbocycles. The van der Waals surface area contributed by atoms with Crippen molar-refractivity contribution in [3.05, 3.63) is 105 Å². The smallest absolute Gasteiger partial charge is 0.253 e. The molecule has 1 aromatic heterocycles. The van der Waals surface area contributed by atoms with Gasteiger partial charge in [0.1, 0.15) is 5.75 Å². The fourth-order valence-electron chi connectivity index (χ4n) is 3.83. The van der Waals surface area contributed by atoms with E-state index in [1.165, 1.54) is 21.5 Å². The zero-order valence-electron chi connectivity index (χ0n) is 21.6. The van der Waals surface area contributed by atoms with Crippen LogP contribution < -0.4 is 10.7 Å². The van der Waals surface area contributed by atoms with E-state index in [-0.39, 0.29) is 11.7 Å². The molecule has 0 saturated carbocycles. The third-order valence-electron chi connectivity index (χ3n) is 5.89. The maximum Gasteiger partial charge on any atom is 0.253 e. The largest absolute Gasteiger partial charge is 0.507 e. The molecular formula is C29H29IN6O2S. The number of rotatable bonds is 11. The van der Waals surface area contributed by atoms with E-state index in [1.807, 2.05) is 47.0 Å². The lowest BCUT2D eigenvalue weighted by Gasteiger charge is -2.14. The summed E-state index contributed by atoms with van der Waals surface area (Å²) in [4.78, 5) is 12.8. The second-order valence-corrected chi connectivity index (χ2v) is 11.3. The quantitative estimate of drug-likeness (QED) is 0.0617. The summed E-state index contributed by atoms with van der Waals surface area (Å²) in [6, 6.07) is 21.4. The predicted octanol–water partition coefficient (Wildman–Crippen LogP) is 5.86. The lowest BCUT2D eigenvalue weighted by molar-refractivity contribution is -0.120. The summed E-state index contributed by atoms with van der Waals surface area (Å²) in [6.07, 6.45) is 3.69. The van der Waals surface area contributed by atoms with Gasteiger partial charge in [0.2, 0.25) is 0 Å². The molecule has 0 radical (unpaired) electrons. The molecule has 3 N–H and O–H groups in total. The van der Waals surface area contributed by atoms with E-state index in [0.717, 1.165) is 28.3 Å². The van der Waals surface area contributed by atoms with Gasteiger partial charge in [0.05, 0.1) is 18.0 Å². The number of aromatic hydroxyl groups is 1. The van der Waals surface area contributed by atoms with Gasteiger partial charge in [0, 0.05) is 20.5 Å². The number of amides is 1. The van der Waals surface area contributed by atoms with Crippen molar-refractivity contribution >= 4 is 52.2 Å². The SMILES string of the molecule is C=CCc1cccc(/C=N\NC(=O)[C@H](C)Sc2nnc(CNc3ccc(I)cc3C)n2-c2ccccc2)c1O. The molecule has 4 aromatic rings. The minimum atomic E-state index is -0.506. The molecule has 39 heavy (non-hydrogen) atoms. The van der Waals surface area contributed by atoms with Crippen LogP contribution in [0.25, 0.3) is 5.69 Å². The highest BCUT2D eigenvalue weighted by molar-refractivity contribution is 14.1. The summed E-state index contributed by atoms with van der Waals surface area (Å²) in [5.74, 6) is 0.548. The summed E-state index contributed by atoms with van der Waals surface area (Å²) in [7, 11) is 0. The first kappa shape index (κ1) is 28.4. The molecule has 1 heterocycles. The number of thioether (sulfide) groups is 1. The number of allylic oxidation sites excluding steroid dienone is 1. The second kappa shape index (κ2) is 13.4. The standard InChI is InChI=1S/C29H29IN6O2S/c1-4-9-21-10-8-11-22(27(21)37)17-32-34-28(38)20(3)39-29-35-33-26(36(29)24-12-6-5-7-13-24)18-31-25-15-14-23(30)16-19(25)2/h4-8,10-17,20,31,37H,1,9,18H2,2-3H3,(H,34,38)/b32-17-/t20-/m0/s1. The van der Waals surface area contributed by atoms with Gasteiger partial charge in [-0.1, -0.05) is 48.2 Å². The number of anilines is 1. The van der Waals surface area contributed by atoms with Crippen molar-refractivity contribution in [2.24, 2.45) is 5.10 Å². The van der Waals surface area contributed by atoms with Gasteiger partial charge in [0.25, 0.3) is 5.91 Å². The minimum absolute atomic E-state index is 0.121. The Balaban J connectivity index is 1.47. The minimum Gasteiger partial charge on any atom is -0.507 e. The zero-order valence-corrected chi connectivity index (χ0v) is 24.6. The number of phenolic OH excluding ortho intramolecular Hbond substituents is 1. The third-order valence-corrected chi connectivity index (χ3v) is 7.60. The molecule has 8 nitrogen and oxygen atoms in total. The number of nitrogens with one attached hydrogen (secondary N) is 2. The summed E-state index contributed by atoms with van der Waals surface area (Å²) in [5, 5.41) is 26.8. The van der Waals surface area contributed by atoms with Gasteiger partial charge in [-0.05, 0) is 90.4 Å². The highest BCUT2D eigenvalue weighted by Crippen LogP contribution is 2.27. The molecule has 0 fully saturated rings. The van der Waals surface area contributed by atoms with Crippen LogP contribution in [0.3, 0.4) is 0 Å². The van der Waals surface area contributed by atoms with E-state index in [2.05, 4.69) is 80.3 Å². The summed E-state index contributed by atoms with van der Waals surface area (Å²) >= 11 is 3.59. The molecule has 1 atom stereocenters. The van der Waals surface area contributed by atoms with E-state index in [1.54, 1.807) is 19.1 Å². The molecule has 0 saturated heterocycles. The van der Waals surface area contributed by atoms with Crippen LogP contribution in [0.15, 0.2) is 89.6 Å². The number of para-hydroxylation sites is 2. The monoisotopic (exact) mass is 652 g/mol. The molecule has 0 unspecified atom stereocenters. The van der Waals surface area contributed by atoms with Crippen LogP contribution in [0.5, 0.6) is 5.75 Å². The fraction of sp³-hybridized carbons (Fsp3) is 0.172. The van der Waals surface area contributed by atoms with Crippen molar-refractivity contribution in [2.75, 3.05) is 5.32 Å². The Labute approximate surface area is 245 Å². The topological polar surface area (TPSA) is 104 Å². The fourth-order valence-corrected chi connectivity index (χ4v) is 5.36. The highest BCUT2D eigenvalue weighted by atomic mass is 127. The van der Waals surface area contributed by atoms with Crippen molar-refractivity contribution in [1.29, 1.82) is 0 Å². The number of aryl methyl sites for hydroxylation is 1. The first-order valence-electron chi connectivity index (χ1n) is 12.3. The maximum absolute atomic E-state index is 12.8. The number of aromatic nitrogens is 3. The number of carbonyl (C=O) groups is 1. The highest BCUT2D eigenvalue weighted by Gasteiger charge is 2.21. The first-order valence-corrected chi connectivity index (χ1v) is 14.2.